The van der Waals surface area contributed by atoms with Gasteiger partial charge in [-0.3, -0.25) is 4.90 Å². The third-order valence-corrected chi connectivity index (χ3v) is 4.28. The van der Waals surface area contributed by atoms with Crippen molar-refractivity contribution >= 4 is 11.3 Å². The number of nitrogens with zero attached hydrogens (tertiary/aromatic N) is 2. The van der Waals surface area contributed by atoms with E-state index >= 15 is 0 Å². The van der Waals surface area contributed by atoms with Crippen LogP contribution in [0.5, 0.6) is 0 Å². The van der Waals surface area contributed by atoms with Crippen molar-refractivity contribution in [3.63, 3.8) is 0 Å². The normalized spacial score (nSPS) is 12.9. The standard InChI is InChI=1S/C15H18F2N2OS/c1-3-11-7-18-15(21-11)9-19(2)8-14(20)12-6-10(16)4-5-13(12)17/h4-7,14,20H,3,8-9H2,1-2H3. The number of rotatable bonds is 6. The van der Waals surface area contributed by atoms with Crippen LogP contribution in [0.1, 0.15) is 28.5 Å². The summed E-state index contributed by atoms with van der Waals surface area (Å²) in [4.78, 5) is 7.34. The van der Waals surface area contributed by atoms with E-state index in [1.165, 1.54) is 4.88 Å². The molecule has 0 amide bonds. The number of aryl methyl sites for hydroxylation is 1. The summed E-state index contributed by atoms with van der Waals surface area (Å²) in [6.45, 7) is 2.84. The molecule has 0 fully saturated rings. The zero-order valence-electron chi connectivity index (χ0n) is 12.0. The number of hydrogen-bond donors (Lipinski definition) is 1. The first kappa shape index (κ1) is 16.0. The minimum atomic E-state index is -1.07. The zero-order chi connectivity index (χ0) is 15.4. The first-order valence-electron chi connectivity index (χ1n) is 6.74. The van der Waals surface area contributed by atoms with Crippen LogP contribution in [0.4, 0.5) is 8.78 Å². The van der Waals surface area contributed by atoms with Crippen molar-refractivity contribution < 1.29 is 13.9 Å². The van der Waals surface area contributed by atoms with Crippen molar-refractivity contribution in [1.29, 1.82) is 0 Å². The van der Waals surface area contributed by atoms with Crippen LogP contribution in [0.15, 0.2) is 24.4 Å². The molecule has 0 aliphatic rings. The predicted molar refractivity (Wildman–Crippen MR) is 79.1 cm³/mol. The average molecular weight is 312 g/mol. The second-order valence-corrected chi connectivity index (χ2v) is 6.15. The van der Waals surface area contributed by atoms with Crippen LogP contribution in [0, 0.1) is 11.6 Å². The van der Waals surface area contributed by atoms with Crippen LogP contribution >= 0.6 is 11.3 Å². The fraction of sp³-hybridized carbons (Fsp3) is 0.400. The maximum absolute atomic E-state index is 13.6. The Bertz CT molecular complexity index is 603. The second-order valence-electron chi connectivity index (χ2n) is 4.95. The Kier molecular flexibility index (Phi) is 5.39. The number of benzene rings is 1. The third kappa shape index (κ3) is 4.30. The van der Waals surface area contributed by atoms with Gasteiger partial charge in [-0.05, 0) is 31.7 Å². The van der Waals surface area contributed by atoms with E-state index in [1.54, 1.807) is 11.3 Å². The van der Waals surface area contributed by atoms with Gasteiger partial charge in [0, 0.05) is 23.2 Å². The molecule has 1 aromatic carbocycles. The zero-order valence-corrected chi connectivity index (χ0v) is 12.8. The fourth-order valence-electron chi connectivity index (χ4n) is 2.04. The van der Waals surface area contributed by atoms with Crippen molar-refractivity contribution in [1.82, 2.24) is 9.88 Å². The number of thiazole rings is 1. The molecule has 0 bridgehead atoms. The van der Waals surface area contributed by atoms with Crippen molar-refractivity contribution in [2.45, 2.75) is 26.0 Å². The van der Waals surface area contributed by atoms with Crippen LogP contribution in [0.3, 0.4) is 0 Å². The van der Waals surface area contributed by atoms with Crippen molar-refractivity contribution in [3.05, 3.63) is 51.5 Å². The number of aliphatic hydroxyl groups is 1. The molecule has 0 saturated heterocycles. The van der Waals surface area contributed by atoms with Gasteiger partial charge in [-0.15, -0.1) is 11.3 Å². The molecule has 6 heteroatoms. The van der Waals surface area contributed by atoms with E-state index in [0.717, 1.165) is 29.6 Å². The maximum atomic E-state index is 13.6. The van der Waals surface area contributed by atoms with Crippen molar-refractivity contribution in [3.8, 4) is 0 Å². The summed E-state index contributed by atoms with van der Waals surface area (Å²) >= 11 is 1.62. The summed E-state index contributed by atoms with van der Waals surface area (Å²) in [5.41, 5.74) is -0.0183. The lowest BCUT2D eigenvalue weighted by Crippen LogP contribution is -2.24. The predicted octanol–water partition coefficient (Wildman–Crippen LogP) is 3.15. The minimum Gasteiger partial charge on any atom is -0.387 e. The van der Waals surface area contributed by atoms with Crippen LogP contribution < -0.4 is 0 Å². The molecule has 3 nitrogen and oxygen atoms in total. The number of aliphatic hydroxyl groups excluding tert-OH is 1. The van der Waals surface area contributed by atoms with Crippen LogP contribution in [-0.2, 0) is 13.0 Å². The molecular formula is C15H18F2N2OS. The lowest BCUT2D eigenvalue weighted by atomic mass is 10.1. The van der Waals surface area contributed by atoms with Gasteiger partial charge >= 0.3 is 0 Å². The Morgan fingerprint density at radius 2 is 2.14 bits per heavy atom. The Morgan fingerprint density at radius 3 is 2.81 bits per heavy atom. The van der Waals surface area contributed by atoms with Crippen LogP contribution in [-0.4, -0.2) is 28.6 Å². The minimum absolute atomic E-state index is 0.0183. The van der Waals surface area contributed by atoms with E-state index < -0.39 is 17.7 Å². The quantitative estimate of drug-likeness (QED) is 0.890. The highest BCUT2D eigenvalue weighted by molar-refractivity contribution is 7.11. The van der Waals surface area contributed by atoms with E-state index in [2.05, 4.69) is 11.9 Å². The smallest absolute Gasteiger partial charge is 0.129 e. The summed E-state index contributed by atoms with van der Waals surface area (Å²) in [5.74, 6) is -1.15. The molecule has 0 saturated carbocycles. The van der Waals surface area contributed by atoms with Gasteiger partial charge in [0.25, 0.3) is 0 Å². The van der Waals surface area contributed by atoms with E-state index in [9.17, 15) is 13.9 Å². The Morgan fingerprint density at radius 1 is 1.38 bits per heavy atom. The summed E-state index contributed by atoms with van der Waals surface area (Å²) in [5, 5.41) is 11.0. The van der Waals surface area contributed by atoms with E-state index in [1.807, 2.05) is 18.1 Å². The molecule has 21 heavy (non-hydrogen) atoms. The number of likely N-dealkylation sites (N-methyl/N-ethyl adjacent to an activating group) is 1. The molecule has 0 spiro atoms. The van der Waals surface area contributed by atoms with Gasteiger partial charge < -0.3 is 5.11 Å². The largest absolute Gasteiger partial charge is 0.387 e. The summed E-state index contributed by atoms with van der Waals surface area (Å²) < 4.78 is 26.7. The van der Waals surface area contributed by atoms with E-state index in [4.69, 9.17) is 0 Å². The molecule has 1 aromatic heterocycles. The van der Waals surface area contributed by atoms with Gasteiger partial charge in [-0.25, -0.2) is 13.8 Å². The highest BCUT2D eigenvalue weighted by Crippen LogP contribution is 2.20. The Hall–Kier alpha value is -1.37. The van der Waals surface area contributed by atoms with E-state index in [0.29, 0.717) is 6.54 Å². The first-order valence-corrected chi connectivity index (χ1v) is 7.56. The number of halogens is 2. The van der Waals surface area contributed by atoms with Crippen molar-refractivity contribution in [2.75, 3.05) is 13.6 Å². The van der Waals surface area contributed by atoms with E-state index in [-0.39, 0.29) is 12.1 Å². The third-order valence-electron chi connectivity index (χ3n) is 3.16. The monoisotopic (exact) mass is 312 g/mol. The molecule has 1 N–H and O–H groups in total. The molecular weight excluding hydrogens is 294 g/mol. The highest BCUT2D eigenvalue weighted by atomic mass is 32.1. The summed E-state index contributed by atoms with van der Waals surface area (Å²) in [6.07, 6.45) is 1.71. The molecule has 0 radical (unpaired) electrons. The van der Waals surface area contributed by atoms with Gasteiger partial charge in [0.05, 0.1) is 12.6 Å². The van der Waals surface area contributed by atoms with Gasteiger partial charge in [0.1, 0.15) is 16.6 Å². The highest BCUT2D eigenvalue weighted by Gasteiger charge is 2.16. The fourth-order valence-corrected chi connectivity index (χ4v) is 2.99. The van der Waals surface area contributed by atoms with Gasteiger partial charge in [-0.1, -0.05) is 6.92 Å². The average Bonchev–Trinajstić information content (AvgIpc) is 2.88. The van der Waals surface area contributed by atoms with Gasteiger partial charge in [-0.2, -0.15) is 0 Å². The molecule has 114 valence electrons. The van der Waals surface area contributed by atoms with Crippen LogP contribution in [0.2, 0.25) is 0 Å². The summed E-state index contributed by atoms with van der Waals surface area (Å²) in [7, 11) is 1.81. The molecule has 1 heterocycles. The topological polar surface area (TPSA) is 36.4 Å². The lowest BCUT2D eigenvalue weighted by molar-refractivity contribution is 0.120. The Labute approximate surface area is 126 Å². The van der Waals surface area contributed by atoms with Crippen LogP contribution in [0.25, 0.3) is 0 Å². The Balaban J connectivity index is 1.98. The van der Waals surface area contributed by atoms with Gasteiger partial charge in [0.2, 0.25) is 0 Å². The molecule has 1 unspecified atom stereocenters. The first-order chi connectivity index (χ1) is 9.99. The van der Waals surface area contributed by atoms with Gasteiger partial charge in [0.15, 0.2) is 0 Å². The molecule has 2 rings (SSSR count). The lowest BCUT2D eigenvalue weighted by Gasteiger charge is -2.20. The molecule has 0 aliphatic heterocycles. The maximum Gasteiger partial charge on any atom is 0.129 e. The van der Waals surface area contributed by atoms with Crippen molar-refractivity contribution in [2.24, 2.45) is 0 Å². The SMILES string of the molecule is CCc1cnc(CN(C)CC(O)c2cc(F)ccc2F)s1. The molecule has 2 aromatic rings. The number of aromatic nitrogens is 1. The second kappa shape index (κ2) is 7.06. The number of hydrogen-bond acceptors (Lipinski definition) is 4. The molecule has 0 aliphatic carbocycles. The summed E-state index contributed by atoms with van der Waals surface area (Å²) in [6, 6.07) is 3.10. The molecule has 1 atom stereocenters.